The number of nitrogens with zero attached hydrogens (tertiary/aromatic N) is 2. The van der Waals surface area contributed by atoms with Gasteiger partial charge in [0, 0.05) is 23.5 Å². The van der Waals surface area contributed by atoms with Gasteiger partial charge in [0.25, 0.3) is 0 Å². The molecule has 21 heavy (non-hydrogen) atoms. The van der Waals surface area contributed by atoms with Crippen molar-refractivity contribution in [1.82, 2.24) is 4.98 Å². The van der Waals surface area contributed by atoms with E-state index >= 15 is 0 Å². The lowest BCUT2D eigenvalue weighted by molar-refractivity contribution is -0.117. The Morgan fingerprint density at radius 3 is 3.00 bits per heavy atom. The largest absolute Gasteiger partial charge is 0.305 e. The van der Waals surface area contributed by atoms with Gasteiger partial charge in [-0.3, -0.25) is 9.78 Å². The van der Waals surface area contributed by atoms with Gasteiger partial charge in [0.15, 0.2) is 0 Å². The summed E-state index contributed by atoms with van der Waals surface area (Å²) in [6, 6.07) is 5.91. The van der Waals surface area contributed by atoms with E-state index in [1.165, 1.54) is 5.56 Å². The predicted octanol–water partition coefficient (Wildman–Crippen LogP) is 3.52. The second-order valence-electron chi connectivity index (χ2n) is 4.70. The first-order chi connectivity index (χ1) is 10.3. The number of carbonyl (C=O) groups is 1. The number of hydrogen-bond acceptors (Lipinski definition) is 5. The van der Waals surface area contributed by atoms with Gasteiger partial charge in [-0.2, -0.15) is 23.1 Å². The molecule has 0 radical (unpaired) electrons. The molecule has 1 atom stereocenters. The molecule has 3 nitrogen and oxygen atoms in total. The SMILES string of the molecule is O=C(C1CSCCS1)N(Cc1ccsc1)c1cccnc1. The van der Waals surface area contributed by atoms with Crippen LogP contribution < -0.4 is 4.90 Å². The van der Waals surface area contributed by atoms with Crippen LogP contribution in [0.3, 0.4) is 0 Å². The van der Waals surface area contributed by atoms with Gasteiger partial charge in [-0.1, -0.05) is 0 Å². The number of anilines is 1. The molecule has 1 unspecified atom stereocenters. The molecule has 2 aromatic heterocycles. The monoisotopic (exact) mass is 336 g/mol. The number of carbonyl (C=O) groups excluding carboxylic acids is 1. The Hall–Kier alpha value is -0.980. The van der Waals surface area contributed by atoms with E-state index in [0.29, 0.717) is 6.54 Å². The third-order valence-corrected chi connectivity index (χ3v) is 6.71. The Labute approximate surface area is 137 Å². The van der Waals surface area contributed by atoms with Crippen molar-refractivity contribution in [2.75, 3.05) is 22.2 Å². The van der Waals surface area contributed by atoms with Crippen LogP contribution in [0.4, 0.5) is 5.69 Å². The van der Waals surface area contributed by atoms with Gasteiger partial charge in [-0.15, -0.1) is 11.8 Å². The minimum Gasteiger partial charge on any atom is -0.305 e. The Balaban J connectivity index is 1.82. The molecule has 3 rings (SSSR count). The molecule has 3 heterocycles. The first-order valence-electron chi connectivity index (χ1n) is 6.76. The van der Waals surface area contributed by atoms with Crippen molar-refractivity contribution in [2.45, 2.75) is 11.8 Å². The highest BCUT2D eigenvalue weighted by Crippen LogP contribution is 2.28. The smallest absolute Gasteiger partial charge is 0.241 e. The number of aromatic nitrogens is 1. The average Bonchev–Trinajstić information content (AvgIpc) is 3.07. The van der Waals surface area contributed by atoms with Crippen molar-refractivity contribution >= 4 is 46.5 Å². The Morgan fingerprint density at radius 2 is 2.33 bits per heavy atom. The number of pyridine rings is 1. The summed E-state index contributed by atoms with van der Waals surface area (Å²) in [7, 11) is 0. The van der Waals surface area contributed by atoms with Crippen LogP contribution in [0.5, 0.6) is 0 Å². The molecular weight excluding hydrogens is 320 g/mol. The highest BCUT2D eigenvalue weighted by Gasteiger charge is 2.28. The van der Waals surface area contributed by atoms with E-state index in [9.17, 15) is 4.79 Å². The van der Waals surface area contributed by atoms with Crippen LogP contribution >= 0.6 is 34.9 Å². The Bertz CT molecular complexity index is 568. The minimum absolute atomic E-state index is 0.0580. The summed E-state index contributed by atoms with van der Waals surface area (Å²) < 4.78 is 0. The summed E-state index contributed by atoms with van der Waals surface area (Å²) in [5.41, 5.74) is 2.05. The third kappa shape index (κ3) is 3.81. The van der Waals surface area contributed by atoms with Crippen LogP contribution in [0.25, 0.3) is 0 Å². The van der Waals surface area contributed by atoms with E-state index in [1.807, 2.05) is 34.2 Å². The summed E-state index contributed by atoms with van der Waals surface area (Å²) in [6.07, 6.45) is 3.51. The van der Waals surface area contributed by atoms with E-state index in [0.717, 1.165) is 22.9 Å². The molecule has 2 aromatic rings. The fourth-order valence-electron chi connectivity index (χ4n) is 2.18. The number of thioether (sulfide) groups is 2. The molecule has 0 aliphatic carbocycles. The van der Waals surface area contributed by atoms with Crippen LogP contribution in [-0.4, -0.2) is 33.4 Å². The standard InChI is InChI=1S/C15H16N2OS3/c18-15(14-11-20-6-7-21-14)17(9-12-3-5-19-10-12)13-2-1-4-16-8-13/h1-5,8,10,14H,6-7,9,11H2. The van der Waals surface area contributed by atoms with Crippen LogP contribution in [-0.2, 0) is 11.3 Å². The molecule has 1 aliphatic heterocycles. The van der Waals surface area contributed by atoms with Crippen molar-refractivity contribution in [3.8, 4) is 0 Å². The third-order valence-electron chi connectivity index (χ3n) is 3.24. The lowest BCUT2D eigenvalue weighted by atomic mass is 10.2. The molecular formula is C15H16N2OS3. The van der Waals surface area contributed by atoms with Crippen LogP contribution in [0.15, 0.2) is 41.4 Å². The number of thiophene rings is 1. The molecule has 0 spiro atoms. The van der Waals surface area contributed by atoms with Crippen molar-refractivity contribution in [3.05, 3.63) is 46.9 Å². The van der Waals surface area contributed by atoms with Crippen molar-refractivity contribution < 1.29 is 4.79 Å². The second-order valence-corrected chi connectivity index (χ2v) is 7.94. The van der Waals surface area contributed by atoms with Gasteiger partial charge >= 0.3 is 0 Å². The molecule has 1 amide bonds. The van der Waals surface area contributed by atoms with E-state index in [2.05, 4.69) is 16.4 Å². The topological polar surface area (TPSA) is 33.2 Å². The summed E-state index contributed by atoms with van der Waals surface area (Å²) >= 11 is 5.31. The molecule has 0 aromatic carbocycles. The highest BCUT2D eigenvalue weighted by atomic mass is 32.2. The van der Waals surface area contributed by atoms with Crippen molar-refractivity contribution in [2.24, 2.45) is 0 Å². The Morgan fingerprint density at radius 1 is 1.38 bits per heavy atom. The molecule has 0 saturated carbocycles. The zero-order valence-electron chi connectivity index (χ0n) is 11.5. The van der Waals surface area contributed by atoms with Crippen molar-refractivity contribution in [1.29, 1.82) is 0 Å². The average molecular weight is 337 g/mol. The first-order valence-corrected chi connectivity index (χ1v) is 9.91. The van der Waals surface area contributed by atoms with E-state index in [-0.39, 0.29) is 11.2 Å². The first kappa shape index (κ1) is 14.9. The fourth-order valence-corrected chi connectivity index (χ4v) is 5.45. The van der Waals surface area contributed by atoms with Crippen LogP contribution in [0.2, 0.25) is 0 Å². The summed E-state index contributed by atoms with van der Waals surface area (Å²) in [4.78, 5) is 18.9. The molecule has 1 saturated heterocycles. The zero-order chi connectivity index (χ0) is 14.5. The number of amides is 1. The van der Waals surface area contributed by atoms with Gasteiger partial charge in [0.2, 0.25) is 5.91 Å². The van der Waals surface area contributed by atoms with Crippen LogP contribution in [0.1, 0.15) is 5.56 Å². The molecule has 110 valence electrons. The van der Waals surface area contributed by atoms with E-state index in [1.54, 1.807) is 35.5 Å². The van der Waals surface area contributed by atoms with Crippen LogP contribution in [0, 0.1) is 0 Å². The molecule has 0 N–H and O–H groups in total. The maximum Gasteiger partial charge on any atom is 0.241 e. The zero-order valence-corrected chi connectivity index (χ0v) is 13.9. The summed E-state index contributed by atoms with van der Waals surface area (Å²) in [5, 5.41) is 4.20. The minimum atomic E-state index is 0.0580. The van der Waals surface area contributed by atoms with Gasteiger partial charge < -0.3 is 4.90 Å². The quantitative estimate of drug-likeness (QED) is 0.855. The van der Waals surface area contributed by atoms with Crippen molar-refractivity contribution in [3.63, 3.8) is 0 Å². The van der Waals surface area contributed by atoms with Gasteiger partial charge in [-0.05, 0) is 34.5 Å². The molecule has 6 heteroatoms. The summed E-state index contributed by atoms with van der Waals surface area (Å²) in [6.45, 7) is 0.621. The lowest BCUT2D eigenvalue weighted by Gasteiger charge is -2.28. The van der Waals surface area contributed by atoms with Gasteiger partial charge in [-0.25, -0.2) is 0 Å². The predicted molar refractivity (Wildman–Crippen MR) is 93.3 cm³/mol. The molecule has 1 aliphatic rings. The fraction of sp³-hybridized carbons (Fsp3) is 0.333. The number of hydrogen-bond donors (Lipinski definition) is 0. The van der Waals surface area contributed by atoms with Gasteiger partial charge in [0.05, 0.1) is 23.7 Å². The lowest BCUT2D eigenvalue weighted by Crippen LogP contribution is -2.39. The molecule has 1 fully saturated rings. The maximum absolute atomic E-state index is 12.9. The van der Waals surface area contributed by atoms with E-state index in [4.69, 9.17) is 0 Å². The summed E-state index contributed by atoms with van der Waals surface area (Å²) in [5.74, 6) is 3.31. The van der Waals surface area contributed by atoms with Gasteiger partial charge in [0.1, 0.15) is 0 Å². The normalized spacial score (nSPS) is 18.4. The maximum atomic E-state index is 12.9. The highest BCUT2D eigenvalue weighted by molar-refractivity contribution is 8.07. The Kier molecular flexibility index (Phi) is 5.22. The molecule has 0 bridgehead atoms. The number of rotatable bonds is 4. The van der Waals surface area contributed by atoms with E-state index < -0.39 is 0 Å². The second kappa shape index (κ2) is 7.33.